The standard InChI is InChI=1S/C11H12Br3NO3/c1-2-7(5-12)6-18-11-9(13)3-8(15(16)17)4-10(11)14/h3-4,7H,2,5-6H2,1H3. The highest BCUT2D eigenvalue weighted by atomic mass is 79.9. The van der Waals surface area contributed by atoms with Crippen molar-refractivity contribution < 1.29 is 9.66 Å². The van der Waals surface area contributed by atoms with E-state index >= 15 is 0 Å². The number of hydrogen-bond acceptors (Lipinski definition) is 3. The van der Waals surface area contributed by atoms with Gasteiger partial charge in [-0.1, -0.05) is 22.9 Å². The minimum Gasteiger partial charge on any atom is -0.491 e. The molecule has 0 amide bonds. The zero-order chi connectivity index (χ0) is 13.7. The third kappa shape index (κ3) is 4.20. The molecule has 100 valence electrons. The SMILES string of the molecule is CCC(CBr)COc1c(Br)cc([N+](=O)[O-])cc1Br. The first-order chi connectivity index (χ1) is 8.49. The molecule has 0 spiro atoms. The van der Waals surface area contributed by atoms with Crippen LogP contribution in [0.1, 0.15) is 13.3 Å². The molecule has 1 aromatic carbocycles. The molecule has 7 heteroatoms. The van der Waals surface area contributed by atoms with Gasteiger partial charge in [-0.2, -0.15) is 0 Å². The second-order valence-corrected chi connectivity index (χ2v) is 6.09. The van der Waals surface area contributed by atoms with E-state index in [0.717, 1.165) is 11.8 Å². The van der Waals surface area contributed by atoms with Crippen LogP contribution in [0.2, 0.25) is 0 Å². The highest BCUT2D eigenvalue weighted by Gasteiger charge is 2.16. The molecule has 4 nitrogen and oxygen atoms in total. The molecule has 0 bridgehead atoms. The van der Waals surface area contributed by atoms with Gasteiger partial charge in [-0.3, -0.25) is 10.1 Å². The Morgan fingerprint density at radius 2 is 1.94 bits per heavy atom. The molecule has 0 fully saturated rings. The van der Waals surface area contributed by atoms with Gasteiger partial charge in [0.15, 0.2) is 0 Å². The number of ether oxygens (including phenoxy) is 1. The Kier molecular flexibility index (Phi) is 6.59. The van der Waals surface area contributed by atoms with E-state index in [0.29, 0.717) is 27.2 Å². The monoisotopic (exact) mass is 443 g/mol. The Morgan fingerprint density at radius 3 is 2.33 bits per heavy atom. The second-order valence-electron chi connectivity index (χ2n) is 3.74. The van der Waals surface area contributed by atoms with E-state index in [9.17, 15) is 10.1 Å². The number of rotatable bonds is 6. The largest absolute Gasteiger partial charge is 0.491 e. The molecule has 1 rings (SSSR count). The zero-order valence-corrected chi connectivity index (χ0v) is 14.4. The summed E-state index contributed by atoms with van der Waals surface area (Å²) in [6.45, 7) is 2.66. The van der Waals surface area contributed by atoms with Crippen molar-refractivity contribution >= 4 is 53.5 Å². The number of non-ortho nitro benzene ring substituents is 1. The summed E-state index contributed by atoms with van der Waals surface area (Å²) < 4.78 is 6.85. The van der Waals surface area contributed by atoms with Crippen molar-refractivity contribution in [2.75, 3.05) is 11.9 Å². The van der Waals surface area contributed by atoms with E-state index in [1.807, 2.05) is 0 Å². The van der Waals surface area contributed by atoms with E-state index in [2.05, 4.69) is 54.7 Å². The van der Waals surface area contributed by atoms with Crippen LogP contribution in [0, 0.1) is 16.0 Å². The van der Waals surface area contributed by atoms with Crippen LogP contribution in [0.4, 0.5) is 5.69 Å². The fourth-order valence-corrected chi connectivity index (χ4v) is 3.30. The molecule has 0 saturated heterocycles. The Balaban J connectivity index is 2.87. The number of nitro groups is 1. The third-order valence-electron chi connectivity index (χ3n) is 2.45. The minimum atomic E-state index is -0.438. The average molecular weight is 446 g/mol. The van der Waals surface area contributed by atoms with E-state index in [1.165, 1.54) is 12.1 Å². The highest BCUT2D eigenvalue weighted by molar-refractivity contribution is 9.11. The molecule has 0 aromatic heterocycles. The molecule has 0 aliphatic rings. The number of alkyl halides is 1. The van der Waals surface area contributed by atoms with Gasteiger partial charge in [0.2, 0.25) is 0 Å². The van der Waals surface area contributed by atoms with Crippen molar-refractivity contribution in [1.82, 2.24) is 0 Å². The van der Waals surface area contributed by atoms with Crippen molar-refractivity contribution in [2.45, 2.75) is 13.3 Å². The predicted molar refractivity (Wildman–Crippen MR) is 81.6 cm³/mol. The number of nitro benzene ring substituents is 1. The second kappa shape index (κ2) is 7.45. The summed E-state index contributed by atoms with van der Waals surface area (Å²) in [5.41, 5.74) is 0.0219. The number of benzene rings is 1. The average Bonchev–Trinajstić information content (AvgIpc) is 2.32. The van der Waals surface area contributed by atoms with Crippen molar-refractivity contribution in [3.63, 3.8) is 0 Å². The highest BCUT2D eigenvalue weighted by Crippen LogP contribution is 2.37. The van der Waals surface area contributed by atoms with Crippen molar-refractivity contribution in [1.29, 1.82) is 0 Å². The Hall–Kier alpha value is -0.140. The van der Waals surface area contributed by atoms with Gasteiger partial charge in [-0.05, 0) is 38.3 Å². The maximum absolute atomic E-state index is 10.7. The first-order valence-electron chi connectivity index (χ1n) is 5.31. The summed E-state index contributed by atoms with van der Waals surface area (Å²) in [6, 6.07) is 2.88. The molecule has 1 aromatic rings. The van der Waals surface area contributed by atoms with Crippen LogP contribution in [0.5, 0.6) is 5.75 Å². The van der Waals surface area contributed by atoms with Gasteiger partial charge in [-0.15, -0.1) is 0 Å². The molecular formula is C11H12Br3NO3. The van der Waals surface area contributed by atoms with Gasteiger partial charge in [0, 0.05) is 23.4 Å². The van der Waals surface area contributed by atoms with Crippen LogP contribution in [-0.4, -0.2) is 16.9 Å². The molecule has 18 heavy (non-hydrogen) atoms. The number of nitrogens with zero attached hydrogens (tertiary/aromatic N) is 1. The summed E-state index contributed by atoms with van der Waals surface area (Å²) in [5.74, 6) is 1.01. The summed E-state index contributed by atoms with van der Waals surface area (Å²) in [7, 11) is 0. The van der Waals surface area contributed by atoms with E-state index in [4.69, 9.17) is 4.74 Å². The van der Waals surface area contributed by atoms with Crippen LogP contribution in [0.25, 0.3) is 0 Å². The molecule has 0 aliphatic heterocycles. The summed E-state index contributed by atoms with van der Waals surface area (Å²) >= 11 is 10.0. The van der Waals surface area contributed by atoms with Gasteiger partial charge in [0.1, 0.15) is 5.75 Å². The number of halogens is 3. The quantitative estimate of drug-likeness (QED) is 0.355. The number of hydrogen-bond donors (Lipinski definition) is 0. The summed E-state index contributed by atoms with van der Waals surface area (Å²) in [4.78, 5) is 10.3. The Morgan fingerprint density at radius 1 is 1.39 bits per heavy atom. The van der Waals surface area contributed by atoms with Crippen LogP contribution >= 0.6 is 47.8 Å². The molecule has 0 aliphatic carbocycles. The van der Waals surface area contributed by atoms with Gasteiger partial charge in [-0.25, -0.2) is 0 Å². The van der Waals surface area contributed by atoms with Gasteiger partial charge < -0.3 is 4.74 Å². The first-order valence-corrected chi connectivity index (χ1v) is 8.02. The molecule has 1 atom stereocenters. The lowest BCUT2D eigenvalue weighted by molar-refractivity contribution is -0.385. The van der Waals surface area contributed by atoms with Gasteiger partial charge in [0.25, 0.3) is 5.69 Å². The van der Waals surface area contributed by atoms with Gasteiger partial charge >= 0.3 is 0 Å². The maximum atomic E-state index is 10.7. The minimum absolute atomic E-state index is 0.0219. The molecule has 1 unspecified atom stereocenters. The molecule has 0 saturated carbocycles. The van der Waals surface area contributed by atoms with E-state index in [-0.39, 0.29) is 5.69 Å². The topological polar surface area (TPSA) is 52.4 Å². The Labute approximate surface area is 131 Å². The Bertz CT molecular complexity index is 413. The molecule has 0 heterocycles. The van der Waals surface area contributed by atoms with Crippen molar-refractivity contribution in [3.05, 3.63) is 31.2 Å². The van der Waals surface area contributed by atoms with Crippen LogP contribution in [-0.2, 0) is 0 Å². The van der Waals surface area contributed by atoms with E-state index < -0.39 is 4.92 Å². The van der Waals surface area contributed by atoms with Crippen molar-refractivity contribution in [2.24, 2.45) is 5.92 Å². The predicted octanol–water partition coefficient (Wildman–Crippen LogP) is 4.92. The van der Waals surface area contributed by atoms with Crippen LogP contribution in [0.15, 0.2) is 21.1 Å². The third-order valence-corrected chi connectivity index (χ3v) is 4.55. The molecule has 0 N–H and O–H groups in total. The van der Waals surface area contributed by atoms with Crippen molar-refractivity contribution in [3.8, 4) is 5.75 Å². The lowest BCUT2D eigenvalue weighted by atomic mass is 10.1. The van der Waals surface area contributed by atoms with Crippen LogP contribution in [0.3, 0.4) is 0 Å². The van der Waals surface area contributed by atoms with Crippen LogP contribution < -0.4 is 4.74 Å². The summed E-state index contributed by atoms with van der Waals surface area (Å²) in [6.07, 6.45) is 1.01. The smallest absolute Gasteiger partial charge is 0.271 e. The maximum Gasteiger partial charge on any atom is 0.271 e. The lowest BCUT2D eigenvalue weighted by Gasteiger charge is -2.15. The van der Waals surface area contributed by atoms with E-state index in [1.54, 1.807) is 0 Å². The molecular weight excluding hydrogens is 434 g/mol. The normalized spacial score (nSPS) is 12.2. The molecule has 0 radical (unpaired) electrons. The zero-order valence-electron chi connectivity index (χ0n) is 9.66. The summed E-state index contributed by atoms with van der Waals surface area (Å²) in [5, 5.41) is 11.6. The first kappa shape index (κ1) is 15.9. The van der Waals surface area contributed by atoms with Gasteiger partial charge in [0.05, 0.1) is 20.5 Å². The fraction of sp³-hybridized carbons (Fsp3) is 0.455. The fourth-order valence-electron chi connectivity index (χ4n) is 1.26. The lowest BCUT2D eigenvalue weighted by Crippen LogP contribution is -2.12.